The fraction of sp³-hybridized carbons (Fsp3) is 0.625. The van der Waals surface area contributed by atoms with Crippen molar-refractivity contribution in [3.63, 3.8) is 0 Å². The number of rotatable bonds is 6. The van der Waals surface area contributed by atoms with Gasteiger partial charge in [-0.25, -0.2) is 0 Å². The summed E-state index contributed by atoms with van der Waals surface area (Å²) in [4.78, 5) is 0. The monoisotopic (exact) mass is 261 g/mol. The summed E-state index contributed by atoms with van der Waals surface area (Å²) in [5.74, 6) is 0.898. The first-order chi connectivity index (χ1) is 9.31. The molecule has 0 amide bonds. The van der Waals surface area contributed by atoms with Gasteiger partial charge in [0.25, 0.3) is 0 Å². The van der Waals surface area contributed by atoms with Gasteiger partial charge in [0.2, 0.25) is 0 Å². The van der Waals surface area contributed by atoms with Crippen LogP contribution in [0.3, 0.4) is 0 Å². The van der Waals surface area contributed by atoms with Gasteiger partial charge in [-0.1, -0.05) is 12.1 Å². The highest BCUT2D eigenvalue weighted by atomic mass is 16.5. The molecule has 0 aliphatic heterocycles. The Balaban J connectivity index is 1.57. The van der Waals surface area contributed by atoms with Gasteiger partial charge in [-0.05, 0) is 56.2 Å². The molecule has 3 rings (SSSR count). The molecular formula is C16H23NO2. The van der Waals surface area contributed by atoms with Crippen LogP contribution in [-0.4, -0.2) is 23.8 Å². The lowest BCUT2D eigenvalue weighted by molar-refractivity contribution is 0.172. The summed E-state index contributed by atoms with van der Waals surface area (Å²) in [6.45, 7) is 0.636. The predicted molar refractivity (Wildman–Crippen MR) is 75.3 cm³/mol. The maximum atomic E-state index is 10.2. The first-order valence-electron chi connectivity index (χ1n) is 7.49. The molecule has 0 spiro atoms. The Hall–Kier alpha value is -1.06. The van der Waals surface area contributed by atoms with Crippen molar-refractivity contribution >= 4 is 0 Å². The van der Waals surface area contributed by atoms with Crippen LogP contribution in [0.5, 0.6) is 5.75 Å². The van der Waals surface area contributed by atoms with E-state index in [9.17, 15) is 5.11 Å². The molecule has 104 valence electrons. The Kier molecular flexibility index (Phi) is 4.04. The van der Waals surface area contributed by atoms with E-state index in [1.165, 1.54) is 25.7 Å². The maximum Gasteiger partial charge on any atom is 0.120 e. The van der Waals surface area contributed by atoms with E-state index in [-0.39, 0.29) is 0 Å². The topological polar surface area (TPSA) is 41.5 Å². The van der Waals surface area contributed by atoms with Crippen molar-refractivity contribution in [2.24, 2.45) is 0 Å². The van der Waals surface area contributed by atoms with Crippen molar-refractivity contribution < 1.29 is 9.84 Å². The molecule has 2 fully saturated rings. The van der Waals surface area contributed by atoms with Crippen molar-refractivity contribution in [1.29, 1.82) is 0 Å². The van der Waals surface area contributed by atoms with E-state index in [2.05, 4.69) is 5.32 Å². The van der Waals surface area contributed by atoms with Crippen LogP contribution in [0, 0.1) is 0 Å². The minimum absolute atomic E-state index is 0.372. The lowest BCUT2D eigenvalue weighted by Gasteiger charge is -2.16. The quantitative estimate of drug-likeness (QED) is 0.827. The summed E-state index contributed by atoms with van der Waals surface area (Å²) in [6, 6.07) is 8.55. The number of nitrogens with one attached hydrogen (secondary N) is 1. The van der Waals surface area contributed by atoms with Gasteiger partial charge in [0.1, 0.15) is 5.75 Å². The molecule has 2 saturated carbocycles. The van der Waals surface area contributed by atoms with Gasteiger partial charge in [-0.15, -0.1) is 0 Å². The number of benzene rings is 1. The van der Waals surface area contributed by atoms with Crippen molar-refractivity contribution in [2.45, 2.75) is 56.8 Å². The second-order valence-corrected chi connectivity index (χ2v) is 5.80. The zero-order valence-electron chi connectivity index (χ0n) is 11.3. The average Bonchev–Trinajstić information content (AvgIpc) is 3.13. The number of aliphatic hydroxyl groups excluding tert-OH is 1. The number of aliphatic hydroxyl groups is 1. The highest BCUT2D eigenvalue weighted by Crippen LogP contribution is 2.26. The van der Waals surface area contributed by atoms with Gasteiger partial charge in [0, 0.05) is 12.6 Å². The Morgan fingerprint density at radius 2 is 2.00 bits per heavy atom. The van der Waals surface area contributed by atoms with Crippen LogP contribution in [0.15, 0.2) is 24.3 Å². The number of ether oxygens (including phenoxy) is 1. The molecule has 0 heterocycles. The molecule has 1 aromatic rings. The Morgan fingerprint density at radius 3 is 2.74 bits per heavy atom. The molecule has 2 aliphatic carbocycles. The molecule has 1 atom stereocenters. The smallest absolute Gasteiger partial charge is 0.120 e. The van der Waals surface area contributed by atoms with E-state index < -0.39 is 6.10 Å². The molecule has 2 N–H and O–H groups in total. The fourth-order valence-corrected chi connectivity index (χ4v) is 2.68. The molecule has 1 unspecified atom stereocenters. The van der Waals surface area contributed by atoms with Crippen LogP contribution >= 0.6 is 0 Å². The highest BCUT2D eigenvalue weighted by Gasteiger charge is 2.22. The van der Waals surface area contributed by atoms with Crippen LogP contribution in [0.1, 0.15) is 50.2 Å². The van der Waals surface area contributed by atoms with E-state index >= 15 is 0 Å². The first-order valence-corrected chi connectivity index (χ1v) is 7.49. The minimum atomic E-state index is -0.437. The van der Waals surface area contributed by atoms with Gasteiger partial charge >= 0.3 is 0 Å². The summed E-state index contributed by atoms with van der Waals surface area (Å²) >= 11 is 0. The van der Waals surface area contributed by atoms with Crippen LogP contribution in [-0.2, 0) is 0 Å². The molecular weight excluding hydrogens is 238 g/mol. The average molecular weight is 261 g/mol. The second kappa shape index (κ2) is 5.93. The van der Waals surface area contributed by atoms with Crippen LogP contribution in [0.25, 0.3) is 0 Å². The number of hydrogen-bond donors (Lipinski definition) is 2. The van der Waals surface area contributed by atoms with Crippen molar-refractivity contribution in [2.75, 3.05) is 6.54 Å². The minimum Gasteiger partial charge on any atom is -0.490 e. The van der Waals surface area contributed by atoms with Gasteiger partial charge < -0.3 is 15.2 Å². The molecule has 19 heavy (non-hydrogen) atoms. The summed E-state index contributed by atoms with van der Waals surface area (Å²) in [5.41, 5.74) is 0.948. The van der Waals surface area contributed by atoms with Crippen molar-refractivity contribution in [1.82, 2.24) is 5.32 Å². The Bertz CT molecular complexity index is 411. The maximum absolute atomic E-state index is 10.2. The zero-order chi connectivity index (χ0) is 13.1. The lowest BCUT2D eigenvalue weighted by atomic mass is 10.1. The summed E-state index contributed by atoms with van der Waals surface area (Å²) < 4.78 is 5.97. The third-order valence-corrected chi connectivity index (χ3v) is 4.03. The molecule has 0 aromatic heterocycles. The molecule has 0 radical (unpaired) electrons. The third-order valence-electron chi connectivity index (χ3n) is 4.03. The molecule has 3 heteroatoms. The SMILES string of the molecule is OC(CNC1CC1)c1cccc(OC2CCCC2)c1. The van der Waals surface area contributed by atoms with Gasteiger partial charge in [0.15, 0.2) is 0 Å². The van der Waals surface area contributed by atoms with E-state index in [1.807, 2.05) is 24.3 Å². The van der Waals surface area contributed by atoms with E-state index in [1.54, 1.807) is 0 Å². The standard InChI is InChI=1S/C16H23NO2/c18-16(11-17-13-8-9-13)12-4-3-7-15(10-12)19-14-5-1-2-6-14/h3-4,7,10,13-14,16-18H,1-2,5-6,8-9,11H2. The van der Waals surface area contributed by atoms with Gasteiger partial charge in [-0.3, -0.25) is 0 Å². The van der Waals surface area contributed by atoms with E-state index in [4.69, 9.17) is 4.74 Å². The van der Waals surface area contributed by atoms with Crippen molar-refractivity contribution in [3.05, 3.63) is 29.8 Å². The van der Waals surface area contributed by atoms with Crippen LogP contribution in [0.2, 0.25) is 0 Å². The Morgan fingerprint density at radius 1 is 1.21 bits per heavy atom. The third kappa shape index (κ3) is 3.71. The molecule has 0 saturated heterocycles. The summed E-state index contributed by atoms with van der Waals surface area (Å²) in [6.07, 6.45) is 7.31. The lowest BCUT2D eigenvalue weighted by Crippen LogP contribution is -2.23. The summed E-state index contributed by atoms with van der Waals surface area (Å²) in [5, 5.41) is 13.5. The first kappa shape index (κ1) is 12.9. The van der Waals surface area contributed by atoms with Gasteiger partial charge in [-0.2, -0.15) is 0 Å². The molecule has 0 bridgehead atoms. The molecule has 1 aromatic carbocycles. The van der Waals surface area contributed by atoms with Gasteiger partial charge in [0.05, 0.1) is 12.2 Å². The fourth-order valence-electron chi connectivity index (χ4n) is 2.68. The summed E-state index contributed by atoms with van der Waals surface area (Å²) in [7, 11) is 0. The zero-order valence-corrected chi connectivity index (χ0v) is 11.3. The van der Waals surface area contributed by atoms with E-state index in [0.29, 0.717) is 18.7 Å². The highest BCUT2D eigenvalue weighted by molar-refractivity contribution is 5.30. The largest absolute Gasteiger partial charge is 0.490 e. The van der Waals surface area contributed by atoms with Crippen molar-refractivity contribution in [3.8, 4) is 5.75 Å². The Labute approximate surface area is 115 Å². The molecule has 3 nitrogen and oxygen atoms in total. The van der Waals surface area contributed by atoms with E-state index in [0.717, 1.165) is 24.2 Å². The molecule has 2 aliphatic rings. The second-order valence-electron chi connectivity index (χ2n) is 5.80. The number of hydrogen-bond acceptors (Lipinski definition) is 3. The van der Waals surface area contributed by atoms with Crippen LogP contribution in [0.4, 0.5) is 0 Å². The normalized spacial score (nSPS) is 21.5. The van der Waals surface area contributed by atoms with Crippen LogP contribution < -0.4 is 10.1 Å². The predicted octanol–water partition coefficient (Wildman–Crippen LogP) is 2.79.